The summed E-state index contributed by atoms with van der Waals surface area (Å²) in [5.74, 6) is -0.756. The molecule has 1 heterocycles. The van der Waals surface area contributed by atoms with Crippen molar-refractivity contribution < 1.29 is 19.3 Å². The number of rotatable bonds is 6. The van der Waals surface area contributed by atoms with Gasteiger partial charge in [0.25, 0.3) is 11.6 Å². The van der Waals surface area contributed by atoms with Crippen molar-refractivity contribution in [2.75, 3.05) is 11.9 Å². The van der Waals surface area contributed by atoms with Crippen LogP contribution in [0.4, 0.5) is 16.2 Å². The molecular formula is C21H22N4O5. The Kier molecular flexibility index (Phi) is 5.55. The lowest BCUT2D eigenvalue weighted by Gasteiger charge is -2.22. The number of non-ortho nitro benzene ring substituents is 1. The number of carbonyl (C=O) groups is 3. The maximum absolute atomic E-state index is 12.9. The Bertz CT molecular complexity index is 1000. The van der Waals surface area contributed by atoms with Crippen molar-refractivity contribution in [1.82, 2.24) is 10.2 Å². The predicted octanol–water partition coefficient (Wildman–Crippen LogP) is 3.12. The number of urea groups is 1. The second-order valence-corrected chi connectivity index (χ2v) is 7.58. The van der Waals surface area contributed by atoms with E-state index in [4.69, 9.17) is 0 Å². The Morgan fingerprint density at radius 1 is 1.13 bits per heavy atom. The highest BCUT2D eigenvalue weighted by Crippen LogP contribution is 2.30. The number of imide groups is 1. The van der Waals surface area contributed by atoms with Gasteiger partial charge in [-0.05, 0) is 48.2 Å². The first kappa shape index (κ1) is 21.0. The summed E-state index contributed by atoms with van der Waals surface area (Å²) in [5.41, 5.74) is 0.541. The Balaban J connectivity index is 1.71. The molecule has 3 rings (SSSR count). The zero-order chi connectivity index (χ0) is 22.1. The average molecular weight is 410 g/mol. The maximum Gasteiger partial charge on any atom is 0.325 e. The van der Waals surface area contributed by atoms with E-state index in [0.29, 0.717) is 17.2 Å². The third-order valence-corrected chi connectivity index (χ3v) is 5.09. The highest BCUT2D eigenvalue weighted by atomic mass is 16.6. The van der Waals surface area contributed by atoms with Gasteiger partial charge >= 0.3 is 6.03 Å². The lowest BCUT2D eigenvalue weighted by atomic mass is 9.92. The summed E-state index contributed by atoms with van der Waals surface area (Å²) in [7, 11) is 0. The molecule has 156 valence electrons. The quantitative estimate of drug-likeness (QED) is 0.430. The van der Waals surface area contributed by atoms with Crippen LogP contribution in [0, 0.1) is 10.1 Å². The van der Waals surface area contributed by atoms with Gasteiger partial charge in [-0.1, -0.05) is 26.0 Å². The minimum Gasteiger partial charge on any atom is -0.325 e. The van der Waals surface area contributed by atoms with E-state index in [2.05, 4.69) is 24.5 Å². The molecule has 0 aliphatic carbocycles. The van der Waals surface area contributed by atoms with Gasteiger partial charge in [0.1, 0.15) is 12.1 Å². The number of benzene rings is 2. The summed E-state index contributed by atoms with van der Waals surface area (Å²) >= 11 is 0. The third-order valence-electron chi connectivity index (χ3n) is 5.09. The van der Waals surface area contributed by atoms with Gasteiger partial charge in [-0.3, -0.25) is 24.6 Å². The fourth-order valence-electron chi connectivity index (χ4n) is 3.25. The number of carbonyl (C=O) groups excluding carboxylic acids is 3. The number of hydrogen-bond acceptors (Lipinski definition) is 5. The van der Waals surface area contributed by atoms with E-state index < -0.39 is 34.9 Å². The number of nitro benzene ring substituents is 1. The van der Waals surface area contributed by atoms with E-state index in [1.54, 1.807) is 12.1 Å². The van der Waals surface area contributed by atoms with Crippen LogP contribution in [0.2, 0.25) is 0 Å². The first-order valence-corrected chi connectivity index (χ1v) is 9.40. The van der Waals surface area contributed by atoms with Crippen molar-refractivity contribution in [2.24, 2.45) is 0 Å². The lowest BCUT2D eigenvalue weighted by Crippen LogP contribution is -2.42. The van der Waals surface area contributed by atoms with E-state index in [0.717, 1.165) is 10.5 Å². The average Bonchev–Trinajstić information content (AvgIpc) is 2.92. The molecule has 2 aromatic rings. The van der Waals surface area contributed by atoms with Crippen LogP contribution in [-0.4, -0.2) is 34.2 Å². The van der Waals surface area contributed by atoms with Crippen LogP contribution in [0.5, 0.6) is 0 Å². The van der Waals surface area contributed by atoms with Crippen LogP contribution < -0.4 is 10.6 Å². The van der Waals surface area contributed by atoms with E-state index in [-0.39, 0.29) is 5.69 Å². The molecule has 0 bridgehead atoms. The monoisotopic (exact) mass is 410 g/mol. The minimum atomic E-state index is -1.41. The first-order valence-electron chi connectivity index (χ1n) is 9.40. The number of nitrogens with zero attached hydrogens (tertiary/aromatic N) is 2. The van der Waals surface area contributed by atoms with Crippen molar-refractivity contribution in [3.05, 3.63) is 69.8 Å². The van der Waals surface area contributed by atoms with Gasteiger partial charge < -0.3 is 10.6 Å². The first-order chi connectivity index (χ1) is 14.1. The smallest absolute Gasteiger partial charge is 0.325 e. The van der Waals surface area contributed by atoms with Crippen molar-refractivity contribution in [2.45, 2.75) is 32.2 Å². The molecule has 2 N–H and O–H groups in total. The van der Waals surface area contributed by atoms with Crippen molar-refractivity contribution >= 4 is 29.2 Å². The van der Waals surface area contributed by atoms with Gasteiger partial charge in [0.05, 0.1) is 4.92 Å². The van der Waals surface area contributed by atoms with Crippen LogP contribution in [0.1, 0.15) is 37.8 Å². The highest BCUT2D eigenvalue weighted by Gasteiger charge is 2.49. The second-order valence-electron chi connectivity index (χ2n) is 7.58. The van der Waals surface area contributed by atoms with Crippen LogP contribution in [0.15, 0.2) is 48.5 Å². The number of nitro groups is 1. The predicted molar refractivity (Wildman–Crippen MR) is 110 cm³/mol. The van der Waals surface area contributed by atoms with Crippen molar-refractivity contribution in [3.8, 4) is 0 Å². The summed E-state index contributed by atoms with van der Waals surface area (Å²) in [6.07, 6.45) is 0. The fraction of sp³-hybridized carbons (Fsp3) is 0.286. The highest BCUT2D eigenvalue weighted by molar-refractivity contribution is 6.10. The number of hydrogen-bond donors (Lipinski definition) is 2. The molecule has 4 amide bonds. The molecule has 30 heavy (non-hydrogen) atoms. The Hall–Kier alpha value is -3.75. The van der Waals surface area contributed by atoms with Crippen LogP contribution >= 0.6 is 0 Å². The molecule has 1 aliphatic heterocycles. The van der Waals surface area contributed by atoms with E-state index >= 15 is 0 Å². The SMILES string of the molecule is CC(C)c1ccc(NC(=O)CN2C(=O)N[C@](C)(c3ccc([N+](=O)[O-])cc3)C2=O)cc1. The maximum atomic E-state index is 12.9. The van der Waals surface area contributed by atoms with E-state index in [1.165, 1.54) is 31.2 Å². The standard InChI is InChI=1S/C21H22N4O5/c1-13(2)14-4-8-16(9-5-14)22-18(26)12-24-19(27)21(3,23-20(24)28)15-6-10-17(11-7-15)25(29)30/h4-11,13H,12H2,1-3H3,(H,22,26)(H,23,28)/t21-/m1/s1. The lowest BCUT2D eigenvalue weighted by molar-refractivity contribution is -0.384. The largest absolute Gasteiger partial charge is 0.325 e. The van der Waals surface area contributed by atoms with Crippen LogP contribution in [-0.2, 0) is 15.1 Å². The molecule has 0 spiro atoms. The van der Waals surface area contributed by atoms with Gasteiger partial charge in [-0.25, -0.2) is 4.79 Å². The Morgan fingerprint density at radius 2 is 1.73 bits per heavy atom. The normalized spacial score (nSPS) is 18.5. The van der Waals surface area contributed by atoms with Crippen molar-refractivity contribution in [1.29, 1.82) is 0 Å². The Labute approximate surface area is 173 Å². The van der Waals surface area contributed by atoms with Gasteiger partial charge in [0.2, 0.25) is 5.91 Å². The molecule has 2 aromatic carbocycles. The van der Waals surface area contributed by atoms with Crippen LogP contribution in [0.3, 0.4) is 0 Å². The van der Waals surface area contributed by atoms with Gasteiger partial charge in [-0.2, -0.15) is 0 Å². The molecule has 0 aromatic heterocycles. The Morgan fingerprint density at radius 3 is 2.27 bits per heavy atom. The fourth-order valence-corrected chi connectivity index (χ4v) is 3.25. The molecule has 1 atom stereocenters. The zero-order valence-electron chi connectivity index (χ0n) is 16.8. The molecule has 1 aliphatic rings. The van der Waals surface area contributed by atoms with Gasteiger partial charge in [0.15, 0.2) is 0 Å². The summed E-state index contributed by atoms with van der Waals surface area (Å²) in [6, 6.07) is 12.0. The summed E-state index contributed by atoms with van der Waals surface area (Å²) in [6.45, 7) is 5.18. The second kappa shape index (κ2) is 7.94. The van der Waals surface area contributed by atoms with E-state index in [1.807, 2.05) is 12.1 Å². The third kappa shape index (κ3) is 4.00. The molecule has 1 fully saturated rings. The topological polar surface area (TPSA) is 122 Å². The molecule has 0 saturated carbocycles. The van der Waals surface area contributed by atoms with Crippen LogP contribution in [0.25, 0.3) is 0 Å². The minimum absolute atomic E-state index is 0.126. The number of amides is 4. The van der Waals surface area contributed by atoms with Gasteiger partial charge in [-0.15, -0.1) is 0 Å². The zero-order valence-corrected chi connectivity index (χ0v) is 16.8. The summed E-state index contributed by atoms with van der Waals surface area (Å²) in [4.78, 5) is 48.7. The van der Waals surface area contributed by atoms with E-state index in [9.17, 15) is 24.5 Å². The summed E-state index contributed by atoms with van der Waals surface area (Å²) in [5, 5.41) is 16.1. The molecule has 1 saturated heterocycles. The molecular weight excluding hydrogens is 388 g/mol. The van der Waals surface area contributed by atoms with Gasteiger partial charge in [0, 0.05) is 17.8 Å². The number of anilines is 1. The molecule has 9 nitrogen and oxygen atoms in total. The number of nitrogens with one attached hydrogen (secondary N) is 2. The summed E-state index contributed by atoms with van der Waals surface area (Å²) < 4.78 is 0. The molecule has 0 radical (unpaired) electrons. The molecule has 9 heteroatoms. The molecule has 0 unspecified atom stereocenters. The van der Waals surface area contributed by atoms with Crippen molar-refractivity contribution in [3.63, 3.8) is 0 Å².